The Kier molecular flexibility index (Phi) is 6.15. The Bertz CT molecular complexity index is 1110. The zero-order valence-corrected chi connectivity index (χ0v) is 18.2. The summed E-state index contributed by atoms with van der Waals surface area (Å²) in [4.78, 5) is 18.6. The van der Waals surface area contributed by atoms with E-state index in [-0.39, 0.29) is 23.3 Å². The average Bonchev–Trinajstić information content (AvgIpc) is 3.09. The second-order valence-electron chi connectivity index (χ2n) is 7.85. The molecule has 1 atom stereocenters. The predicted molar refractivity (Wildman–Crippen MR) is 116 cm³/mol. The number of amides is 1. The molecular weight excluding hydrogens is 422 g/mol. The number of pyridine rings is 1. The molecule has 0 bridgehead atoms. The minimum Gasteiger partial charge on any atom is -0.453 e. The Labute approximate surface area is 183 Å². The van der Waals surface area contributed by atoms with E-state index in [9.17, 15) is 13.6 Å². The number of aromatic nitrogens is 2. The summed E-state index contributed by atoms with van der Waals surface area (Å²) in [6.07, 6.45) is 3.79. The average molecular weight is 447 g/mol. The van der Waals surface area contributed by atoms with Gasteiger partial charge in [0.25, 0.3) is 0 Å². The van der Waals surface area contributed by atoms with Gasteiger partial charge in [0.1, 0.15) is 17.3 Å². The van der Waals surface area contributed by atoms with Crippen molar-refractivity contribution in [3.8, 4) is 11.3 Å². The van der Waals surface area contributed by atoms with Crippen LogP contribution in [0.3, 0.4) is 0 Å². The van der Waals surface area contributed by atoms with Crippen molar-refractivity contribution < 1.29 is 18.3 Å². The Balaban J connectivity index is 1.79. The van der Waals surface area contributed by atoms with Gasteiger partial charge in [-0.3, -0.25) is 5.14 Å². The summed E-state index contributed by atoms with van der Waals surface area (Å²) in [6.45, 7) is 3.11. The zero-order valence-electron chi connectivity index (χ0n) is 17.4. The summed E-state index contributed by atoms with van der Waals surface area (Å²) in [5.41, 5.74) is 2.47. The Morgan fingerprint density at radius 2 is 2.06 bits per heavy atom. The summed E-state index contributed by atoms with van der Waals surface area (Å²) >= 11 is 0.791. The van der Waals surface area contributed by atoms with Crippen molar-refractivity contribution in [3.05, 3.63) is 53.4 Å². The molecule has 1 aliphatic heterocycles. The zero-order chi connectivity index (χ0) is 22.1. The van der Waals surface area contributed by atoms with Crippen LogP contribution in [0.4, 0.5) is 13.6 Å². The van der Waals surface area contributed by atoms with Crippen molar-refractivity contribution in [2.24, 2.45) is 11.1 Å². The molecule has 3 heterocycles. The second kappa shape index (κ2) is 8.84. The highest BCUT2D eigenvalue weighted by molar-refractivity contribution is 7.97. The molecule has 3 aromatic rings. The number of benzene rings is 1. The van der Waals surface area contributed by atoms with Crippen molar-refractivity contribution in [1.29, 1.82) is 0 Å². The molecule has 1 aliphatic rings. The van der Waals surface area contributed by atoms with Crippen LogP contribution in [0.2, 0.25) is 0 Å². The molecule has 4 rings (SSSR count). The third-order valence-electron chi connectivity index (χ3n) is 5.70. The van der Waals surface area contributed by atoms with Gasteiger partial charge < -0.3 is 14.0 Å². The first-order valence-electron chi connectivity index (χ1n) is 10.1. The Hall–Kier alpha value is -2.65. The van der Waals surface area contributed by atoms with Gasteiger partial charge in [-0.25, -0.2) is 18.6 Å². The highest BCUT2D eigenvalue weighted by Gasteiger charge is 2.28. The van der Waals surface area contributed by atoms with Crippen LogP contribution < -0.4 is 5.14 Å². The van der Waals surface area contributed by atoms with E-state index in [1.807, 2.05) is 29.7 Å². The van der Waals surface area contributed by atoms with Crippen LogP contribution in [-0.4, -0.2) is 40.6 Å². The minimum atomic E-state index is -0.700. The fourth-order valence-corrected chi connectivity index (χ4v) is 4.58. The minimum absolute atomic E-state index is 0.123. The monoisotopic (exact) mass is 446 g/mol. The Morgan fingerprint density at radius 3 is 2.74 bits per heavy atom. The maximum Gasteiger partial charge on any atom is 0.409 e. The highest BCUT2D eigenvalue weighted by atomic mass is 32.2. The Morgan fingerprint density at radius 1 is 1.32 bits per heavy atom. The number of nitrogens with two attached hydrogens (primary N) is 1. The van der Waals surface area contributed by atoms with Crippen LogP contribution in [0.15, 0.2) is 35.4 Å². The molecule has 2 aromatic heterocycles. The number of imidazole rings is 1. The lowest BCUT2D eigenvalue weighted by molar-refractivity contribution is 0.102. The number of fused-ring (bicyclic) bond motifs is 1. The van der Waals surface area contributed by atoms with Gasteiger partial charge in [0.2, 0.25) is 0 Å². The van der Waals surface area contributed by atoms with Gasteiger partial charge in [-0.1, -0.05) is 0 Å². The van der Waals surface area contributed by atoms with Crippen molar-refractivity contribution >= 4 is 23.7 Å². The van der Waals surface area contributed by atoms with Gasteiger partial charge in [-0.2, -0.15) is 0 Å². The fourth-order valence-electron chi connectivity index (χ4n) is 4.24. The number of piperidine rings is 1. The number of aryl methyl sites for hydroxylation is 1. The van der Waals surface area contributed by atoms with Crippen LogP contribution in [0, 0.1) is 24.5 Å². The van der Waals surface area contributed by atoms with Gasteiger partial charge in [0.15, 0.2) is 0 Å². The first-order chi connectivity index (χ1) is 14.9. The molecule has 31 heavy (non-hydrogen) atoms. The van der Waals surface area contributed by atoms with E-state index >= 15 is 0 Å². The third-order valence-corrected chi connectivity index (χ3v) is 6.21. The van der Waals surface area contributed by atoms with Crippen molar-refractivity contribution in [3.63, 3.8) is 0 Å². The van der Waals surface area contributed by atoms with Gasteiger partial charge in [0, 0.05) is 24.2 Å². The third kappa shape index (κ3) is 4.24. The number of nitrogens with zero attached hydrogens (tertiary/aromatic N) is 3. The molecule has 164 valence electrons. The SMILES string of the molecule is COC(=O)N1CCCC(Cc2c(-c3c(F)cc(SN)cc3F)nc3cc(C)ccn23)C1. The maximum absolute atomic E-state index is 14.9. The van der Waals surface area contributed by atoms with Gasteiger partial charge in [0.05, 0.1) is 24.1 Å². The van der Waals surface area contributed by atoms with E-state index in [2.05, 4.69) is 4.98 Å². The molecule has 1 aromatic carbocycles. The smallest absolute Gasteiger partial charge is 0.409 e. The van der Waals surface area contributed by atoms with E-state index in [1.165, 1.54) is 19.2 Å². The van der Waals surface area contributed by atoms with Crippen molar-refractivity contribution in [2.75, 3.05) is 20.2 Å². The normalized spacial score (nSPS) is 16.7. The van der Waals surface area contributed by atoms with E-state index in [1.54, 1.807) is 4.90 Å². The van der Waals surface area contributed by atoms with E-state index in [0.29, 0.717) is 30.1 Å². The predicted octanol–water partition coefficient (Wildman–Crippen LogP) is 4.57. The lowest BCUT2D eigenvalue weighted by atomic mass is 9.92. The molecule has 0 saturated carbocycles. The number of halogens is 2. The first-order valence-corrected chi connectivity index (χ1v) is 11.0. The van der Waals surface area contributed by atoms with Crippen LogP contribution in [0.25, 0.3) is 16.9 Å². The van der Waals surface area contributed by atoms with Gasteiger partial charge in [-0.05, 0) is 73.9 Å². The topological polar surface area (TPSA) is 72.9 Å². The van der Waals surface area contributed by atoms with Gasteiger partial charge >= 0.3 is 6.09 Å². The number of rotatable bonds is 4. The largest absolute Gasteiger partial charge is 0.453 e. The summed E-state index contributed by atoms with van der Waals surface area (Å²) in [7, 11) is 1.37. The number of ether oxygens (including phenoxy) is 1. The molecule has 1 saturated heterocycles. The van der Waals surface area contributed by atoms with Crippen molar-refractivity contribution in [2.45, 2.75) is 31.1 Å². The summed E-state index contributed by atoms with van der Waals surface area (Å²) in [5, 5.41) is 5.48. The maximum atomic E-state index is 14.9. The van der Waals surface area contributed by atoms with E-state index in [0.717, 1.165) is 36.0 Å². The quantitative estimate of drug-likeness (QED) is 0.594. The summed E-state index contributed by atoms with van der Waals surface area (Å²) in [6, 6.07) is 6.27. The second-order valence-corrected chi connectivity index (χ2v) is 8.55. The molecule has 0 spiro atoms. The lowest BCUT2D eigenvalue weighted by Crippen LogP contribution is -2.40. The summed E-state index contributed by atoms with van der Waals surface area (Å²) < 4.78 is 36.6. The molecule has 1 fully saturated rings. The number of hydrogen-bond donors (Lipinski definition) is 1. The highest BCUT2D eigenvalue weighted by Crippen LogP contribution is 2.34. The van der Waals surface area contributed by atoms with Crippen LogP contribution >= 0.6 is 11.9 Å². The number of carbonyl (C=O) groups excluding carboxylic acids is 1. The number of hydrogen-bond acceptors (Lipinski definition) is 5. The van der Waals surface area contributed by atoms with E-state index in [4.69, 9.17) is 9.88 Å². The molecular formula is C22H24F2N4O2S. The number of methoxy groups -OCH3 is 1. The molecule has 0 aliphatic carbocycles. The van der Waals surface area contributed by atoms with Crippen LogP contribution in [-0.2, 0) is 11.2 Å². The first kappa shape index (κ1) is 21.6. The van der Waals surface area contributed by atoms with Crippen molar-refractivity contribution in [1.82, 2.24) is 14.3 Å². The molecule has 1 unspecified atom stereocenters. The van der Waals surface area contributed by atoms with Gasteiger partial charge in [-0.15, -0.1) is 0 Å². The molecule has 0 radical (unpaired) electrons. The number of likely N-dealkylation sites (tertiary alicyclic amines) is 1. The van der Waals surface area contributed by atoms with E-state index < -0.39 is 11.6 Å². The summed E-state index contributed by atoms with van der Waals surface area (Å²) in [5.74, 6) is -1.28. The molecule has 2 N–H and O–H groups in total. The fraction of sp³-hybridized carbons (Fsp3) is 0.364. The lowest BCUT2D eigenvalue weighted by Gasteiger charge is -2.31. The molecule has 1 amide bonds. The molecule has 9 heteroatoms. The standard InChI is InChI=1S/C22H24F2N4O2S/c1-13-5-7-28-18(9-14-4-3-6-27(12-14)22(29)30-2)21(26-19(28)8-13)20-16(23)10-15(31-25)11-17(20)24/h5,7-8,10-11,14H,3-4,6,9,12,25H2,1-2H3. The van der Waals surface area contributed by atoms with Crippen LogP contribution in [0.1, 0.15) is 24.1 Å². The molecule has 6 nitrogen and oxygen atoms in total. The number of carbonyl (C=O) groups is 1. The van der Waals surface area contributed by atoms with Crippen LogP contribution in [0.5, 0.6) is 0 Å².